The van der Waals surface area contributed by atoms with Crippen molar-refractivity contribution in [3.05, 3.63) is 63.1 Å². The van der Waals surface area contributed by atoms with Crippen LogP contribution in [0.5, 0.6) is 0 Å². The van der Waals surface area contributed by atoms with Gasteiger partial charge in [-0.3, -0.25) is 9.69 Å². The summed E-state index contributed by atoms with van der Waals surface area (Å²) in [4.78, 5) is 28.9. The summed E-state index contributed by atoms with van der Waals surface area (Å²) >= 11 is 12.8. The van der Waals surface area contributed by atoms with Crippen LogP contribution < -0.4 is 4.90 Å². The van der Waals surface area contributed by atoms with Crippen molar-refractivity contribution in [1.82, 2.24) is 4.90 Å². The number of alkyl halides is 1. The van der Waals surface area contributed by atoms with Crippen molar-refractivity contribution in [2.45, 2.75) is 12.5 Å². The lowest BCUT2D eigenvalue weighted by molar-refractivity contribution is -0.132. The van der Waals surface area contributed by atoms with Gasteiger partial charge in [-0.25, -0.2) is 9.18 Å². The Morgan fingerprint density at radius 2 is 1.94 bits per heavy atom. The maximum atomic E-state index is 13.5. The topological polar surface area (TPSA) is 70.1 Å². The Morgan fingerprint density at radius 3 is 2.55 bits per heavy atom. The molecule has 1 aliphatic heterocycles. The zero-order valence-corrected chi connectivity index (χ0v) is 18.7. The molecule has 0 fully saturated rings. The number of anilines is 1. The zero-order chi connectivity index (χ0) is 22.8. The number of aliphatic hydroxyl groups is 1. The molecule has 166 valence electrons. The van der Waals surface area contributed by atoms with Gasteiger partial charge in [-0.1, -0.05) is 48.3 Å². The number of nitrogens with zero attached hydrogens (tertiary/aromatic N) is 2. The van der Waals surface area contributed by atoms with E-state index in [2.05, 4.69) is 0 Å². The van der Waals surface area contributed by atoms with Crippen molar-refractivity contribution in [3.63, 3.8) is 0 Å². The quantitative estimate of drug-likeness (QED) is 0.598. The second kappa shape index (κ2) is 9.53. The Hall–Kier alpha value is -2.19. The SMILES string of the molecule is CCN(CCF)CCN1C(=O)C(O)(c2ccccc2Cl)c2c(Cl)cc(C(=O)OC)cc21. The standard InChI is InChI=1S/C22H23Cl2FN2O4/c1-3-26(9-8-25)10-11-27-18-13-14(20(28)31-2)12-17(24)19(18)22(30,21(27)29)15-6-4-5-7-16(15)23/h4-7,12-13,30H,3,8-11H2,1-2H3. The predicted octanol–water partition coefficient (Wildman–Crippen LogP) is 3.65. The number of carbonyl (C=O) groups excluding carboxylic acids is 2. The van der Waals surface area contributed by atoms with E-state index in [4.69, 9.17) is 27.9 Å². The summed E-state index contributed by atoms with van der Waals surface area (Å²) in [6.07, 6.45) is 0. The van der Waals surface area contributed by atoms with Crippen LogP contribution in [0.15, 0.2) is 36.4 Å². The summed E-state index contributed by atoms with van der Waals surface area (Å²) < 4.78 is 17.6. The normalized spacial score (nSPS) is 17.9. The number of ether oxygens (including phenoxy) is 1. The Labute approximate surface area is 190 Å². The largest absolute Gasteiger partial charge is 0.465 e. The van der Waals surface area contributed by atoms with E-state index in [1.165, 1.54) is 24.1 Å². The van der Waals surface area contributed by atoms with Crippen molar-refractivity contribution in [2.24, 2.45) is 0 Å². The summed E-state index contributed by atoms with van der Waals surface area (Å²) in [5, 5.41) is 11.9. The second-order valence-corrected chi connectivity index (χ2v) is 7.93. The van der Waals surface area contributed by atoms with Gasteiger partial charge < -0.3 is 14.7 Å². The monoisotopic (exact) mass is 468 g/mol. The zero-order valence-electron chi connectivity index (χ0n) is 17.2. The maximum Gasteiger partial charge on any atom is 0.337 e. The summed E-state index contributed by atoms with van der Waals surface area (Å²) in [6, 6.07) is 9.29. The van der Waals surface area contributed by atoms with Crippen LogP contribution in [0.4, 0.5) is 10.1 Å². The molecule has 1 atom stereocenters. The van der Waals surface area contributed by atoms with Crippen molar-refractivity contribution >= 4 is 40.8 Å². The Morgan fingerprint density at radius 1 is 1.23 bits per heavy atom. The lowest BCUT2D eigenvalue weighted by atomic mass is 9.87. The molecule has 1 unspecified atom stereocenters. The van der Waals surface area contributed by atoms with E-state index in [-0.39, 0.29) is 45.5 Å². The number of fused-ring (bicyclic) bond motifs is 1. The van der Waals surface area contributed by atoms with Gasteiger partial charge in [0.05, 0.1) is 23.4 Å². The first kappa shape index (κ1) is 23.5. The molecule has 0 aromatic heterocycles. The van der Waals surface area contributed by atoms with Crippen molar-refractivity contribution in [1.29, 1.82) is 0 Å². The van der Waals surface area contributed by atoms with Gasteiger partial charge in [-0.2, -0.15) is 0 Å². The Kier molecular flexibility index (Phi) is 7.21. The summed E-state index contributed by atoms with van der Waals surface area (Å²) in [5.74, 6) is -1.27. The highest BCUT2D eigenvalue weighted by atomic mass is 35.5. The van der Waals surface area contributed by atoms with Crippen LogP contribution in [0.3, 0.4) is 0 Å². The van der Waals surface area contributed by atoms with Crippen LogP contribution in [-0.2, 0) is 15.1 Å². The third kappa shape index (κ3) is 4.15. The smallest absolute Gasteiger partial charge is 0.337 e. The van der Waals surface area contributed by atoms with E-state index >= 15 is 0 Å². The highest BCUT2D eigenvalue weighted by molar-refractivity contribution is 6.35. The minimum atomic E-state index is -2.13. The molecule has 0 saturated heterocycles. The number of amides is 1. The number of hydrogen-bond acceptors (Lipinski definition) is 5. The number of rotatable bonds is 8. The maximum absolute atomic E-state index is 13.5. The van der Waals surface area contributed by atoms with Gasteiger partial charge >= 0.3 is 5.97 Å². The number of likely N-dealkylation sites (N-methyl/N-ethyl adjacent to an activating group) is 1. The summed E-state index contributed by atoms with van der Waals surface area (Å²) in [5.41, 5.74) is -1.36. The first-order valence-corrected chi connectivity index (χ1v) is 10.5. The third-order valence-corrected chi connectivity index (χ3v) is 6.08. The minimum Gasteiger partial charge on any atom is -0.465 e. The number of hydrogen-bond donors (Lipinski definition) is 1. The van der Waals surface area contributed by atoms with Gasteiger partial charge in [0.25, 0.3) is 5.91 Å². The molecule has 1 aliphatic rings. The highest BCUT2D eigenvalue weighted by Crippen LogP contribution is 2.49. The molecular formula is C22H23Cl2FN2O4. The first-order valence-electron chi connectivity index (χ1n) is 9.79. The predicted molar refractivity (Wildman–Crippen MR) is 118 cm³/mol. The lowest BCUT2D eigenvalue weighted by Gasteiger charge is -2.26. The summed E-state index contributed by atoms with van der Waals surface area (Å²) in [6.45, 7) is 2.72. The number of carbonyl (C=O) groups is 2. The average molecular weight is 469 g/mol. The molecule has 0 bridgehead atoms. The minimum absolute atomic E-state index is 0.0345. The van der Waals surface area contributed by atoms with E-state index < -0.39 is 24.2 Å². The van der Waals surface area contributed by atoms with Gasteiger partial charge in [-0.05, 0) is 24.7 Å². The fourth-order valence-electron chi connectivity index (χ4n) is 3.83. The van der Waals surface area contributed by atoms with Crippen LogP contribution in [0.25, 0.3) is 0 Å². The van der Waals surface area contributed by atoms with Crippen molar-refractivity contribution in [2.75, 3.05) is 44.9 Å². The van der Waals surface area contributed by atoms with Gasteiger partial charge in [0, 0.05) is 35.8 Å². The molecule has 9 heteroatoms. The molecule has 31 heavy (non-hydrogen) atoms. The molecule has 6 nitrogen and oxygen atoms in total. The van der Waals surface area contributed by atoms with Crippen LogP contribution in [-0.4, -0.2) is 61.8 Å². The molecule has 1 N–H and O–H groups in total. The number of benzene rings is 2. The van der Waals surface area contributed by atoms with E-state index in [1.54, 1.807) is 24.3 Å². The van der Waals surface area contributed by atoms with Crippen LogP contribution in [0.1, 0.15) is 28.4 Å². The second-order valence-electron chi connectivity index (χ2n) is 7.11. The molecular weight excluding hydrogens is 446 g/mol. The van der Waals surface area contributed by atoms with Gasteiger partial charge in [-0.15, -0.1) is 0 Å². The van der Waals surface area contributed by atoms with Crippen LogP contribution in [0.2, 0.25) is 10.0 Å². The van der Waals surface area contributed by atoms with Crippen LogP contribution in [0, 0.1) is 0 Å². The van der Waals surface area contributed by atoms with E-state index in [9.17, 15) is 19.1 Å². The molecule has 1 heterocycles. The molecule has 2 aromatic carbocycles. The Balaban J connectivity index is 2.15. The van der Waals surface area contributed by atoms with Crippen molar-refractivity contribution < 1.29 is 23.8 Å². The van der Waals surface area contributed by atoms with E-state index in [0.29, 0.717) is 13.1 Å². The molecule has 0 aliphatic carbocycles. The van der Waals surface area contributed by atoms with E-state index in [1.807, 2.05) is 11.8 Å². The number of esters is 1. The molecule has 0 radical (unpaired) electrons. The molecule has 0 saturated carbocycles. The third-order valence-electron chi connectivity index (χ3n) is 5.45. The fourth-order valence-corrected chi connectivity index (χ4v) is 4.45. The molecule has 3 rings (SSSR count). The van der Waals surface area contributed by atoms with E-state index in [0.717, 1.165) is 0 Å². The van der Waals surface area contributed by atoms with Gasteiger partial charge in [0.15, 0.2) is 5.60 Å². The van der Waals surface area contributed by atoms with Gasteiger partial charge in [0.2, 0.25) is 0 Å². The van der Waals surface area contributed by atoms with Gasteiger partial charge in [0.1, 0.15) is 6.67 Å². The van der Waals surface area contributed by atoms with Crippen LogP contribution >= 0.6 is 23.2 Å². The Bertz CT molecular complexity index is 1000. The highest BCUT2D eigenvalue weighted by Gasteiger charge is 2.53. The van der Waals surface area contributed by atoms with Crippen molar-refractivity contribution in [3.8, 4) is 0 Å². The first-order chi connectivity index (χ1) is 14.8. The number of halogens is 3. The fraction of sp³-hybridized carbons (Fsp3) is 0.364. The molecule has 1 amide bonds. The average Bonchev–Trinajstić information content (AvgIpc) is 2.98. The summed E-state index contributed by atoms with van der Waals surface area (Å²) in [7, 11) is 1.24. The molecule has 0 spiro atoms. The molecule has 2 aromatic rings. The lowest BCUT2D eigenvalue weighted by Crippen LogP contribution is -2.44. The number of methoxy groups -OCH3 is 1.